The van der Waals surface area contributed by atoms with Crippen molar-refractivity contribution in [2.24, 2.45) is 0 Å². The van der Waals surface area contributed by atoms with Gasteiger partial charge in [-0.25, -0.2) is 0 Å². The summed E-state index contributed by atoms with van der Waals surface area (Å²) in [7, 11) is 0. The van der Waals surface area contributed by atoms with Crippen LogP contribution in [0.4, 0.5) is 0 Å². The molecule has 3 rings (SSSR count). The molecule has 0 heterocycles. The lowest BCUT2D eigenvalue weighted by Gasteiger charge is -2.18. The summed E-state index contributed by atoms with van der Waals surface area (Å²) < 4.78 is 5.88. The molecular formula is C17H18O2S. The van der Waals surface area contributed by atoms with Crippen LogP contribution in [0.25, 0.3) is 11.1 Å². The first-order valence-corrected chi connectivity index (χ1v) is 7.42. The molecular weight excluding hydrogens is 268 g/mol. The second kappa shape index (κ2) is 5.90. The predicted molar refractivity (Wildman–Crippen MR) is 83.4 cm³/mol. The van der Waals surface area contributed by atoms with E-state index in [1.807, 2.05) is 36.4 Å². The van der Waals surface area contributed by atoms with Gasteiger partial charge in [-0.05, 0) is 42.5 Å². The highest BCUT2D eigenvalue weighted by Gasteiger charge is 2.27. The SMILES string of the molecule is OC1CCCC1Oc1ccc(-c2ccccc2)cc1S. The molecule has 1 aliphatic rings. The maximum atomic E-state index is 9.82. The molecule has 0 bridgehead atoms. The van der Waals surface area contributed by atoms with Gasteiger partial charge in [-0.3, -0.25) is 0 Å². The van der Waals surface area contributed by atoms with Gasteiger partial charge in [0.15, 0.2) is 0 Å². The van der Waals surface area contributed by atoms with Gasteiger partial charge in [0.05, 0.1) is 6.10 Å². The molecule has 1 aliphatic carbocycles. The lowest BCUT2D eigenvalue weighted by Crippen LogP contribution is -2.25. The molecule has 104 valence electrons. The van der Waals surface area contributed by atoms with Gasteiger partial charge in [-0.1, -0.05) is 36.4 Å². The zero-order chi connectivity index (χ0) is 13.9. The Hall–Kier alpha value is -1.45. The lowest BCUT2D eigenvalue weighted by molar-refractivity contribution is 0.0587. The van der Waals surface area contributed by atoms with Crippen LogP contribution in [0.3, 0.4) is 0 Å². The molecule has 0 spiro atoms. The van der Waals surface area contributed by atoms with Gasteiger partial charge < -0.3 is 9.84 Å². The van der Waals surface area contributed by atoms with E-state index in [4.69, 9.17) is 4.74 Å². The highest BCUT2D eigenvalue weighted by molar-refractivity contribution is 7.80. The molecule has 0 saturated heterocycles. The smallest absolute Gasteiger partial charge is 0.133 e. The molecule has 0 amide bonds. The van der Waals surface area contributed by atoms with E-state index < -0.39 is 0 Å². The van der Waals surface area contributed by atoms with E-state index in [1.54, 1.807) is 0 Å². The zero-order valence-corrected chi connectivity index (χ0v) is 12.1. The van der Waals surface area contributed by atoms with Gasteiger partial charge in [0, 0.05) is 4.90 Å². The molecule has 0 aromatic heterocycles. The molecule has 3 heteroatoms. The molecule has 2 aromatic rings. The number of ether oxygens (including phenoxy) is 1. The third kappa shape index (κ3) is 2.84. The average molecular weight is 286 g/mol. The molecule has 2 unspecified atom stereocenters. The van der Waals surface area contributed by atoms with Crippen LogP contribution in [0.1, 0.15) is 19.3 Å². The first kappa shape index (κ1) is 13.5. The van der Waals surface area contributed by atoms with Gasteiger partial charge in [-0.15, -0.1) is 12.6 Å². The van der Waals surface area contributed by atoms with Crippen molar-refractivity contribution < 1.29 is 9.84 Å². The van der Waals surface area contributed by atoms with E-state index in [-0.39, 0.29) is 12.2 Å². The number of benzene rings is 2. The molecule has 20 heavy (non-hydrogen) atoms. The molecule has 1 saturated carbocycles. The van der Waals surface area contributed by atoms with Crippen molar-refractivity contribution in [1.29, 1.82) is 0 Å². The first-order valence-electron chi connectivity index (χ1n) is 6.97. The third-order valence-electron chi connectivity index (χ3n) is 3.76. The van der Waals surface area contributed by atoms with Crippen molar-refractivity contribution >= 4 is 12.6 Å². The van der Waals surface area contributed by atoms with Crippen LogP contribution in [0, 0.1) is 0 Å². The van der Waals surface area contributed by atoms with E-state index in [9.17, 15) is 5.11 Å². The number of thiol groups is 1. The Bertz CT molecular complexity index is 583. The van der Waals surface area contributed by atoms with E-state index in [1.165, 1.54) is 0 Å². The Morgan fingerprint density at radius 2 is 1.80 bits per heavy atom. The molecule has 0 aliphatic heterocycles. The summed E-state index contributed by atoms with van der Waals surface area (Å²) in [4.78, 5) is 0.811. The summed E-state index contributed by atoms with van der Waals surface area (Å²) in [6.07, 6.45) is 2.32. The molecule has 2 atom stereocenters. The number of hydrogen-bond donors (Lipinski definition) is 2. The second-order valence-corrected chi connectivity index (χ2v) is 5.68. The monoisotopic (exact) mass is 286 g/mol. The Morgan fingerprint density at radius 3 is 2.45 bits per heavy atom. The summed E-state index contributed by atoms with van der Waals surface area (Å²) in [6, 6.07) is 16.2. The van der Waals surface area contributed by atoms with E-state index in [0.29, 0.717) is 0 Å². The fraction of sp³-hybridized carbons (Fsp3) is 0.294. The summed E-state index contributed by atoms with van der Waals surface area (Å²) in [6.45, 7) is 0. The van der Waals surface area contributed by atoms with Crippen LogP contribution in [0.15, 0.2) is 53.4 Å². The predicted octanol–water partition coefficient (Wildman–Crippen LogP) is 3.93. The van der Waals surface area contributed by atoms with Gasteiger partial charge >= 0.3 is 0 Å². The van der Waals surface area contributed by atoms with Crippen molar-refractivity contribution in [2.45, 2.75) is 36.4 Å². The Balaban J connectivity index is 1.81. The van der Waals surface area contributed by atoms with Gasteiger partial charge in [-0.2, -0.15) is 0 Å². The lowest BCUT2D eigenvalue weighted by atomic mass is 10.1. The Morgan fingerprint density at radius 1 is 1.00 bits per heavy atom. The average Bonchev–Trinajstić information content (AvgIpc) is 2.87. The molecule has 2 nitrogen and oxygen atoms in total. The van der Waals surface area contributed by atoms with Crippen LogP contribution in [0.5, 0.6) is 5.75 Å². The summed E-state index contributed by atoms with van der Waals surface area (Å²) >= 11 is 4.51. The highest BCUT2D eigenvalue weighted by atomic mass is 32.1. The minimum Gasteiger partial charge on any atom is -0.487 e. The second-order valence-electron chi connectivity index (χ2n) is 5.20. The minimum absolute atomic E-state index is 0.0940. The summed E-state index contributed by atoms with van der Waals surface area (Å²) in [5.41, 5.74) is 2.28. The normalized spacial score (nSPS) is 21.9. The van der Waals surface area contributed by atoms with Crippen LogP contribution in [-0.2, 0) is 0 Å². The molecule has 1 N–H and O–H groups in total. The van der Waals surface area contributed by atoms with Crippen molar-refractivity contribution in [3.05, 3.63) is 48.5 Å². The largest absolute Gasteiger partial charge is 0.487 e. The first-order chi connectivity index (χ1) is 9.74. The van der Waals surface area contributed by atoms with Gasteiger partial charge in [0.25, 0.3) is 0 Å². The number of aliphatic hydroxyl groups is 1. The molecule has 1 fully saturated rings. The van der Waals surface area contributed by atoms with Crippen LogP contribution >= 0.6 is 12.6 Å². The fourth-order valence-electron chi connectivity index (χ4n) is 2.63. The van der Waals surface area contributed by atoms with Crippen molar-refractivity contribution in [3.8, 4) is 16.9 Å². The van der Waals surface area contributed by atoms with Crippen LogP contribution in [0.2, 0.25) is 0 Å². The summed E-state index contributed by atoms with van der Waals surface area (Å²) in [5.74, 6) is 0.749. The number of hydrogen-bond acceptors (Lipinski definition) is 3. The van der Waals surface area contributed by atoms with Crippen molar-refractivity contribution in [2.75, 3.05) is 0 Å². The quantitative estimate of drug-likeness (QED) is 0.837. The molecule has 2 aromatic carbocycles. The third-order valence-corrected chi connectivity index (χ3v) is 4.11. The van der Waals surface area contributed by atoms with Crippen molar-refractivity contribution in [1.82, 2.24) is 0 Å². The number of rotatable bonds is 3. The summed E-state index contributed by atoms with van der Waals surface area (Å²) in [5, 5.41) is 9.82. The van der Waals surface area contributed by atoms with Gasteiger partial charge in [0.2, 0.25) is 0 Å². The topological polar surface area (TPSA) is 29.5 Å². The molecule has 0 radical (unpaired) electrons. The number of aliphatic hydroxyl groups excluding tert-OH is 1. The van der Waals surface area contributed by atoms with E-state index >= 15 is 0 Å². The van der Waals surface area contributed by atoms with Crippen LogP contribution < -0.4 is 4.74 Å². The van der Waals surface area contributed by atoms with Gasteiger partial charge in [0.1, 0.15) is 11.9 Å². The van der Waals surface area contributed by atoms with E-state index in [2.05, 4.69) is 24.8 Å². The standard InChI is InChI=1S/C17H18O2S/c18-14-7-4-8-15(14)19-16-10-9-13(11-17(16)20)12-5-2-1-3-6-12/h1-3,5-6,9-11,14-15,18,20H,4,7-8H2. The van der Waals surface area contributed by atoms with E-state index in [0.717, 1.165) is 41.0 Å². The zero-order valence-electron chi connectivity index (χ0n) is 11.2. The maximum Gasteiger partial charge on any atom is 0.133 e. The Labute approximate surface area is 124 Å². The van der Waals surface area contributed by atoms with Crippen molar-refractivity contribution in [3.63, 3.8) is 0 Å². The maximum absolute atomic E-state index is 9.82. The van der Waals surface area contributed by atoms with Crippen LogP contribution in [-0.4, -0.2) is 17.3 Å². The Kier molecular flexibility index (Phi) is 3.99. The fourth-order valence-corrected chi connectivity index (χ4v) is 2.90. The highest BCUT2D eigenvalue weighted by Crippen LogP contribution is 2.32. The minimum atomic E-state index is -0.350.